The summed E-state index contributed by atoms with van der Waals surface area (Å²) in [6, 6.07) is 3.48. The molecule has 1 rings (SSSR count). The van der Waals surface area contributed by atoms with Crippen LogP contribution in [0.4, 0.5) is 5.69 Å². The predicted molar refractivity (Wildman–Crippen MR) is 57.4 cm³/mol. The number of ether oxygens (including phenoxy) is 1. The number of hydrogen-bond donors (Lipinski definition) is 0. The highest BCUT2D eigenvalue weighted by molar-refractivity contribution is 8.13. The number of methoxy groups -OCH3 is 1. The van der Waals surface area contributed by atoms with Gasteiger partial charge in [0.25, 0.3) is 14.7 Å². The molecule has 1 aromatic carbocycles. The second-order valence-electron chi connectivity index (χ2n) is 2.80. The smallest absolute Gasteiger partial charge is 0.288 e. The van der Waals surface area contributed by atoms with Gasteiger partial charge in [0.2, 0.25) is 0 Å². The van der Waals surface area contributed by atoms with Crippen molar-refractivity contribution >= 4 is 25.4 Å². The zero-order valence-electron chi connectivity index (χ0n) is 8.38. The fourth-order valence-electron chi connectivity index (χ4n) is 1.22. The minimum absolute atomic E-state index is 0.220. The van der Waals surface area contributed by atoms with Crippen molar-refractivity contribution in [2.24, 2.45) is 0 Å². The highest BCUT2D eigenvalue weighted by Gasteiger charge is 2.29. The van der Waals surface area contributed by atoms with E-state index in [-0.39, 0.29) is 5.75 Å². The van der Waals surface area contributed by atoms with E-state index in [1.165, 1.54) is 6.07 Å². The summed E-state index contributed by atoms with van der Waals surface area (Å²) in [4.78, 5) is 9.07. The van der Waals surface area contributed by atoms with Gasteiger partial charge in [0.05, 0.1) is 12.0 Å². The standard InChI is InChI=1S/C8H5ClN2O5S/c1-16-7-3-2-6(11(12)13)5(4-10)8(7)17(9,14)15/h2-3H,1H3. The molecule has 1 aromatic rings. The Morgan fingerprint density at radius 3 is 2.47 bits per heavy atom. The van der Waals surface area contributed by atoms with E-state index in [2.05, 4.69) is 0 Å². The summed E-state index contributed by atoms with van der Waals surface area (Å²) in [5.74, 6) is -0.220. The van der Waals surface area contributed by atoms with Crippen LogP contribution in [0.1, 0.15) is 5.56 Å². The average molecular weight is 277 g/mol. The van der Waals surface area contributed by atoms with Gasteiger partial charge in [-0.3, -0.25) is 10.1 Å². The van der Waals surface area contributed by atoms with E-state index in [0.29, 0.717) is 0 Å². The third-order valence-corrected chi connectivity index (χ3v) is 3.23. The van der Waals surface area contributed by atoms with Crippen LogP contribution in [0, 0.1) is 21.4 Å². The number of benzene rings is 1. The lowest BCUT2D eigenvalue weighted by Gasteiger charge is -2.07. The lowest BCUT2D eigenvalue weighted by atomic mass is 10.2. The quantitative estimate of drug-likeness (QED) is 0.469. The van der Waals surface area contributed by atoms with Gasteiger partial charge in [0.15, 0.2) is 5.56 Å². The van der Waals surface area contributed by atoms with Crippen molar-refractivity contribution in [1.82, 2.24) is 0 Å². The molecule has 0 unspecified atom stereocenters. The Balaban J connectivity index is 3.82. The molecule has 0 N–H and O–H groups in total. The van der Waals surface area contributed by atoms with Gasteiger partial charge in [0, 0.05) is 16.7 Å². The molecule has 90 valence electrons. The molecule has 7 nitrogen and oxygen atoms in total. The van der Waals surface area contributed by atoms with Crippen LogP contribution in [0.3, 0.4) is 0 Å². The van der Waals surface area contributed by atoms with Crippen LogP contribution in [0.2, 0.25) is 0 Å². The molecule has 0 bridgehead atoms. The van der Waals surface area contributed by atoms with Crippen molar-refractivity contribution in [3.63, 3.8) is 0 Å². The zero-order valence-corrected chi connectivity index (χ0v) is 9.95. The molecule has 0 spiro atoms. The molecular weight excluding hydrogens is 272 g/mol. The van der Waals surface area contributed by atoms with Gasteiger partial charge in [-0.25, -0.2) is 8.42 Å². The van der Waals surface area contributed by atoms with Gasteiger partial charge in [-0.1, -0.05) is 0 Å². The Bertz CT molecular complexity index is 620. The minimum Gasteiger partial charge on any atom is -0.495 e. The van der Waals surface area contributed by atoms with Gasteiger partial charge in [-0.2, -0.15) is 5.26 Å². The van der Waals surface area contributed by atoms with Crippen molar-refractivity contribution in [1.29, 1.82) is 5.26 Å². The predicted octanol–water partition coefficient (Wildman–Crippen LogP) is 1.40. The zero-order chi connectivity index (χ0) is 13.2. The van der Waals surface area contributed by atoms with Crippen LogP contribution in [0.5, 0.6) is 5.75 Å². The Kier molecular flexibility index (Phi) is 3.55. The number of halogens is 1. The largest absolute Gasteiger partial charge is 0.495 e. The molecule has 0 aliphatic carbocycles. The maximum atomic E-state index is 11.3. The Labute approximate surface area is 101 Å². The molecule has 0 heterocycles. The first kappa shape index (κ1) is 13.2. The monoisotopic (exact) mass is 276 g/mol. The number of nitro benzene ring substituents is 1. The van der Waals surface area contributed by atoms with E-state index in [1.807, 2.05) is 0 Å². The summed E-state index contributed by atoms with van der Waals surface area (Å²) in [5, 5.41) is 19.4. The molecule has 0 fully saturated rings. The second-order valence-corrected chi connectivity index (χ2v) is 5.30. The number of nitro groups is 1. The van der Waals surface area contributed by atoms with Crippen molar-refractivity contribution in [2.45, 2.75) is 4.90 Å². The van der Waals surface area contributed by atoms with E-state index >= 15 is 0 Å². The number of nitriles is 1. The summed E-state index contributed by atoms with van der Waals surface area (Å²) in [5.41, 5.74) is -1.29. The topological polar surface area (TPSA) is 110 Å². The molecule has 0 saturated heterocycles. The summed E-state index contributed by atoms with van der Waals surface area (Å²) in [7, 11) is 1.96. The van der Waals surface area contributed by atoms with Crippen molar-refractivity contribution in [3.8, 4) is 11.8 Å². The highest BCUT2D eigenvalue weighted by Crippen LogP contribution is 2.35. The highest BCUT2D eigenvalue weighted by atomic mass is 35.7. The maximum absolute atomic E-state index is 11.3. The number of hydrogen-bond acceptors (Lipinski definition) is 6. The average Bonchev–Trinajstić information content (AvgIpc) is 2.25. The van der Waals surface area contributed by atoms with Crippen molar-refractivity contribution in [3.05, 3.63) is 27.8 Å². The van der Waals surface area contributed by atoms with Gasteiger partial charge in [0.1, 0.15) is 16.7 Å². The molecule has 0 amide bonds. The van der Waals surface area contributed by atoms with E-state index < -0.39 is 30.1 Å². The second kappa shape index (κ2) is 4.57. The van der Waals surface area contributed by atoms with E-state index in [4.69, 9.17) is 20.7 Å². The van der Waals surface area contributed by atoms with Crippen LogP contribution in [0.25, 0.3) is 0 Å². The van der Waals surface area contributed by atoms with Crippen LogP contribution in [-0.4, -0.2) is 20.5 Å². The summed E-state index contributed by atoms with van der Waals surface area (Å²) >= 11 is 0. The minimum atomic E-state index is -4.32. The van der Waals surface area contributed by atoms with Gasteiger partial charge in [-0.15, -0.1) is 0 Å². The van der Waals surface area contributed by atoms with Crippen molar-refractivity contribution < 1.29 is 18.1 Å². The number of rotatable bonds is 3. The van der Waals surface area contributed by atoms with Crippen LogP contribution < -0.4 is 4.74 Å². The van der Waals surface area contributed by atoms with E-state index in [9.17, 15) is 18.5 Å². The summed E-state index contributed by atoms with van der Waals surface area (Å²) in [6.45, 7) is 0. The first-order chi connectivity index (χ1) is 7.82. The Morgan fingerprint density at radius 1 is 1.53 bits per heavy atom. The van der Waals surface area contributed by atoms with Gasteiger partial charge >= 0.3 is 0 Å². The number of nitrogens with zero attached hydrogens (tertiary/aromatic N) is 2. The summed E-state index contributed by atoms with van der Waals surface area (Å²) < 4.78 is 27.3. The molecular formula is C8H5ClN2O5S. The van der Waals surface area contributed by atoms with E-state index in [1.54, 1.807) is 0 Å². The normalized spacial score (nSPS) is 10.6. The SMILES string of the molecule is COc1ccc([N+](=O)[O-])c(C#N)c1S(=O)(=O)Cl. The first-order valence-corrected chi connectivity index (χ1v) is 6.34. The van der Waals surface area contributed by atoms with Crippen LogP contribution in [-0.2, 0) is 9.05 Å². The molecule has 0 atom stereocenters. The van der Waals surface area contributed by atoms with Gasteiger partial charge < -0.3 is 4.74 Å². The Hall–Kier alpha value is -1.85. The maximum Gasteiger partial charge on any atom is 0.288 e. The molecule has 9 heteroatoms. The van der Waals surface area contributed by atoms with Crippen molar-refractivity contribution in [2.75, 3.05) is 7.11 Å². The third-order valence-electron chi connectivity index (χ3n) is 1.87. The fraction of sp³-hybridized carbons (Fsp3) is 0.125. The first-order valence-electron chi connectivity index (χ1n) is 4.03. The summed E-state index contributed by atoms with van der Waals surface area (Å²) in [6.07, 6.45) is 0. The Morgan fingerprint density at radius 2 is 2.12 bits per heavy atom. The fourth-order valence-corrected chi connectivity index (χ4v) is 2.46. The third kappa shape index (κ3) is 2.46. The molecule has 0 saturated carbocycles. The lowest BCUT2D eigenvalue weighted by molar-refractivity contribution is -0.385. The molecule has 0 radical (unpaired) electrons. The molecule has 0 aliphatic heterocycles. The lowest BCUT2D eigenvalue weighted by Crippen LogP contribution is -2.03. The molecule has 0 aromatic heterocycles. The van der Waals surface area contributed by atoms with E-state index in [0.717, 1.165) is 19.2 Å². The van der Waals surface area contributed by atoms with Crippen LogP contribution in [0.15, 0.2) is 17.0 Å². The molecule has 0 aliphatic rings. The van der Waals surface area contributed by atoms with Gasteiger partial charge in [-0.05, 0) is 6.07 Å². The molecule has 17 heavy (non-hydrogen) atoms. The van der Waals surface area contributed by atoms with Crippen LogP contribution >= 0.6 is 10.7 Å².